The maximum absolute atomic E-state index is 11.9. The molecule has 0 aliphatic rings. The fourth-order valence-corrected chi connectivity index (χ4v) is 3.95. The molecule has 0 fully saturated rings. The van der Waals surface area contributed by atoms with Crippen LogP contribution in [0.25, 0.3) is 6.08 Å². The van der Waals surface area contributed by atoms with Gasteiger partial charge in [0.2, 0.25) is 0 Å². The lowest BCUT2D eigenvalue weighted by Crippen LogP contribution is -2.33. The fraction of sp³-hybridized carbons (Fsp3) is 0.500. The van der Waals surface area contributed by atoms with E-state index in [-0.39, 0.29) is 22.7 Å². The van der Waals surface area contributed by atoms with Gasteiger partial charge in [0.1, 0.15) is 17.1 Å². The zero-order chi connectivity index (χ0) is 22.1. The van der Waals surface area contributed by atoms with E-state index in [0.717, 1.165) is 24.2 Å². The summed E-state index contributed by atoms with van der Waals surface area (Å²) in [7, 11) is 0. The lowest BCUT2D eigenvalue weighted by atomic mass is 9.84. The van der Waals surface area contributed by atoms with Crippen LogP contribution in [0, 0.1) is 11.3 Å². The van der Waals surface area contributed by atoms with Gasteiger partial charge in [-0.2, -0.15) is 0 Å². The largest absolute Gasteiger partial charge is 0.488 e. The molecule has 0 radical (unpaired) electrons. The minimum Gasteiger partial charge on any atom is -0.488 e. The summed E-state index contributed by atoms with van der Waals surface area (Å²) in [5.74, 6) is 1.11. The first kappa shape index (κ1) is 25.7. The molecule has 1 rings (SSSR count). The van der Waals surface area contributed by atoms with Crippen molar-refractivity contribution in [2.24, 2.45) is 11.3 Å². The number of carbonyl (C=O) groups excluding carboxylic acids is 1. The van der Waals surface area contributed by atoms with Crippen LogP contribution >= 0.6 is 22.6 Å². The van der Waals surface area contributed by atoms with E-state index in [1.807, 2.05) is 39.0 Å². The van der Waals surface area contributed by atoms with Gasteiger partial charge in [-0.1, -0.05) is 78.4 Å². The van der Waals surface area contributed by atoms with E-state index in [2.05, 4.69) is 80.3 Å². The van der Waals surface area contributed by atoms with Crippen molar-refractivity contribution in [3.63, 3.8) is 0 Å². The molecule has 1 unspecified atom stereocenters. The van der Waals surface area contributed by atoms with Crippen LogP contribution < -0.4 is 4.74 Å². The topological polar surface area (TPSA) is 26.3 Å². The van der Waals surface area contributed by atoms with Crippen LogP contribution in [-0.2, 0) is 4.79 Å². The summed E-state index contributed by atoms with van der Waals surface area (Å²) in [6.07, 6.45) is 11.5. The van der Waals surface area contributed by atoms with Gasteiger partial charge in [0.15, 0.2) is 0 Å². The molecule has 0 spiro atoms. The normalized spacial score (nSPS) is 14.9. The third kappa shape index (κ3) is 9.79. The molecule has 0 saturated carbocycles. The van der Waals surface area contributed by atoms with Crippen LogP contribution in [0.2, 0.25) is 0 Å². The molecule has 0 saturated heterocycles. The number of rotatable bonds is 12. The molecule has 0 aliphatic heterocycles. The molecule has 0 aromatic heterocycles. The smallest absolute Gasteiger partial charge is 0.145 e. The summed E-state index contributed by atoms with van der Waals surface area (Å²) in [6.45, 7) is 16.6. The number of alkyl halides is 1. The third-order valence-corrected chi connectivity index (χ3v) is 5.86. The molecule has 0 bridgehead atoms. The number of hydrogen-bond donors (Lipinski definition) is 0. The molecule has 1 aromatic carbocycles. The van der Waals surface area contributed by atoms with Gasteiger partial charge in [0.25, 0.3) is 0 Å². The Morgan fingerprint density at radius 2 is 1.83 bits per heavy atom. The Labute approximate surface area is 191 Å². The molecule has 160 valence electrons. The second-order valence-electron chi connectivity index (χ2n) is 9.00. The molecule has 3 heteroatoms. The van der Waals surface area contributed by atoms with Gasteiger partial charge in [-0.15, -0.1) is 6.58 Å². The molecule has 2 nitrogen and oxygen atoms in total. The van der Waals surface area contributed by atoms with E-state index in [9.17, 15) is 4.79 Å². The fourth-order valence-electron chi connectivity index (χ4n) is 3.20. The second-order valence-corrected chi connectivity index (χ2v) is 9.76. The molecule has 0 aliphatic carbocycles. The number of ether oxygens (including phenoxy) is 1. The molecule has 0 amide bonds. The van der Waals surface area contributed by atoms with Crippen LogP contribution in [0.1, 0.15) is 66.4 Å². The summed E-state index contributed by atoms with van der Waals surface area (Å²) in [5, 5.41) is 0. The molecular weight excluding hydrogens is 471 g/mol. The van der Waals surface area contributed by atoms with Gasteiger partial charge >= 0.3 is 0 Å². The quantitative estimate of drug-likeness (QED) is 0.163. The van der Waals surface area contributed by atoms with E-state index in [1.165, 1.54) is 5.57 Å². The Hall–Kier alpha value is -1.36. The predicted octanol–water partition coefficient (Wildman–Crippen LogP) is 7.83. The van der Waals surface area contributed by atoms with Crippen molar-refractivity contribution >= 4 is 34.5 Å². The average Bonchev–Trinajstić information content (AvgIpc) is 2.65. The maximum atomic E-state index is 11.9. The Morgan fingerprint density at radius 3 is 2.34 bits per heavy atom. The maximum Gasteiger partial charge on any atom is 0.145 e. The Kier molecular flexibility index (Phi) is 10.4. The summed E-state index contributed by atoms with van der Waals surface area (Å²) < 4.78 is 6.71. The van der Waals surface area contributed by atoms with E-state index in [4.69, 9.17) is 4.74 Å². The number of carbonyl (C=O) groups is 1. The van der Waals surface area contributed by atoms with Gasteiger partial charge in [0.05, 0.1) is 4.43 Å². The summed E-state index contributed by atoms with van der Waals surface area (Å²) in [5.41, 5.74) is 2.08. The van der Waals surface area contributed by atoms with Gasteiger partial charge in [-0.05, 0) is 64.7 Å². The third-order valence-electron chi connectivity index (χ3n) is 5.11. The lowest BCUT2D eigenvalue weighted by Gasteiger charge is -2.29. The Morgan fingerprint density at radius 1 is 1.21 bits per heavy atom. The summed E-state index contributed by atoms with van der Waals surface area (Å²) in [4.78, 5) is 11.9. The second kappa shape index (κ2) is 11.7. The first-order valence-electron chi connectivity index (χ1n) is 10.3. The molecule has 0 heterocycles. The van der Waals surface area contributed by atoms with Crippen molar-refractivity contribution in [3.8, 4) is 5.75 Å². The SMILES string of the molecule is C=C[C@@](C)(/C=C/c1ccc(OC(C)(C)CC(C)C(=O)CI)cc1)CCC=C(C)C. The van der Waals surface area contributed by atoms with E-state index >= 15 is 0 Å². The molecule has 1 aromatic rings. The highest BCUT2D eigenvalue weighted by molar-refractivity contribution is 14.1. The predicted molar refractivity (Wildman–Crippen MR) is 135 cm³/mol. The molecule has 29 heavy (non-hydrogen) atoms. The van der Waals surface area contributed by atoms with Crippen LogP contribution in [0.15, 0.2) is 54.6 Å². The van der Waals surface area contributed by atoms with Crippen LogP contribution in [0.4, 0.5) is 0 Å². The summed E-state index contributed by atoms with van der Waals surface area (Å²) in [6, 6.07) is 8.14. The lowest BCUT2D eigenvalue weighted by molar-refractivity contribution is -0.121. The number of Topliss-reactive ketones (excluding diaryl/α,β-unsaturated/α-hetero) is 1. The van der Waals surface area contributed by atoms with Crippen LogP contribution in [0.5, 0.6) is 5.75 Å². The van der Waals surface area contributed by atoms with Crippen molar-refractivity contribution in [3.05, 3.63) is 60.2 Å². The minimum atomic E-state index is -0.384. The highest BCUT2D eigenvalue weighted by atomic mass is 127. The number of halogens is 1. The standard InChI is InChI=1S/C26H37IO2/c1-8-26(7,16-9-10-20(2)3)17-15-22-11-13-23(14-12-22)29-25(5,6)18-21(4)24(28)19-27/h8,10-15,17,21H,1,9,16,18-19H2,2-7H3/b17-15+/t21?,26-/m1/s1. The van der Waals surface area contributed by atoms with E-state index in [1.54, 1.807) is 0 Å². The Bertz CT molecular complexity index is 724. The molecular formula is C26H37IO2. The monoisotopic (exact) mass is 508 g/mol. The van der Waals surface area contributed by atoms with Gasteiger partial charge in [-0.25, -0.2) is 0 Å². The van der Waals surface area contributed by atoms with Gasteiger partial charge < -0.3 is 4.74 Å². The first-order chi connectivity index (χ1) is 13.5. The van der Waals surface area contributed by atoms with Crippen molar-refractivity contribution in [2.45, 2.75) is 66.4 Å². The number of hydrogen-bond acceptors (Lipinski definition) is 2. The van der Waals surface area contributed by atoms with Crippen molar-refractivity contribution < 1.29 is 9.53 Å². The summed E-state index contributed by atoms with van der Waals surface area (Å²) >= 11 is 2.13. The van der Waals surface area contributed by atoms with E-state index < -0.39 is 0 Å². The zero-order valence-electron chi connectivity index (χ0n) is 18.9. The van der Waals surface area contributed by atoms with Gasteiger partial charge in [-0.3, -0.25) is 4.79 Å². The van der Waals surface area contributed by atoms with Crippen molar-refractivity contribution in [2.75, 3.05) is 4.43 Å². The van der Waals surface area contributed by atoms with Crippen molar-refractivity contribution in [1.29, 1.82) is 0 Å². The van der Waals surface area contributed by atoms with Crippen LogP contribution in [0.3, 0.4) is 0 Å². The van der Waals surface area contributed by atoms with Crippen molar-refractivity contribution in [1.82, 2.24) is 0 Å². The number of benzene rings is 1. The average molecular weight is 508 g/mol. The van der Waals surface area contributed by atoms with E-state index in [0.29, 0.717) is 10.8 Å². The number of ketones is 1. The Balaban J connectivity index is 2.75. The highest BCUT2D eigenvalue weighted by Gasteiger charge is 2.26. The minimum absolute atomic E-state index is 0.00651. The number of allylic oxidation sites excluding steroid dienone is 4. The molecule has 2 atom stereocenters. The van der Waals surface area contributed by atoms with Gasteiger partial charge in [0, 0.05) is 11.3 Å². The van der Waals surface area contributed by atoms with Crippen LogP contribution in [-0.4, -0.2) is 15.8 Å². The first-order valence-corrected chi connectivity index (χ1v) is 11.9. The zero-order valence-corrected chi connectivity index (χ0v) is 21.1. The molecule has 0 N–H and O–H groups in total. The highest BCUT2D eigenvalue weighted by Crippen LogP contribution is 2.29.